The second-order valence-corrected chi connectivity index (χ2v) is 4.29. The highest BCUT2D eigenvalue weighted by Crippen LogP contribution is 2.30. The van der Waals surface area contributed by atoms with Crippen LogP contribution >= 0.6 is 11.6 Å². The summed E-state index contributed by atoms with van der Waals surface area (Å²) in [5, 5.41) is 5.17. The second-order valence-electron chi connectivity index (χ2n) is 3.88. The van der Waals surface area contributed by atoms with Gasteiger partial charge in [-0.1, -0.05) is 17.7 Å². The molecule has 0 bridgehead atoms. The molecule has 0 saturated heterocycles. The molecule has 2 rings (SSSR count). The van der Waals surface area contributed by atoms with Gasteiger partial charge < -0.3 is 9.88 Å². The van der Waals surface area contributed by atoms with Crippen molar-refractivity contribution >= 4 is 22.5 Å². The van der Waals surface area contributed by atoms with Gasteiger partial charge in [-0.15, -0.1) is 0 Å². The first-order valence-electron chi connectivity index (χ1n) is 5.02. The summed E-state index contributed by atoms with van der Waals surface area (Å²) in [5.74, 6) is 0. The Morgan fingerprint density at radius 2 is 2.13 bits per heavy atom. The van der Waals surface area contributed by atoms with Crippen molar-refractivity contribution in [2.45, 2.75) is 13.5 Å². The second kappa shape index (κ2) is 3.87. The SMILES string of the molecule is CNCc1cn(C)c2c(C)ccc(Cl)c12. The van der Waals surface area contributed by atoms with Gasteiger partial charge in [0.05, 0.1) is 10.5 Å². The lowest BCUT2D eigenvalue weighted by Crippen LogP contribution is -2.04. The maximum absolute atomic E-state index is 6.24. The molecule has 2 nitrogen and oxygen atoms in total. The number of hydrogen-bond donors (Lipinski definition) is 1. The van der Waals surface area contributed by atoms with Crippen molar-refractivity contribution in [1.29, 1.82) is 0 Å². The first-order valence-corrected chi connectivity index (χ1v) is 5.40. The van der Waals surface area contributed by atoms with Crippen LogP contribution in [0.2, 0.25) is 5.02 Å². The average molecular weight is 223 g/mol. The maximum Gasteiger partial charge on any atom is 0.0525 e. The summed E-state index contributed by atoms with van der Waals surface area (Å²) in [7, 11) is 4.01. The zero-order chi connectivity index (χ0) is 11.0. The van der Waals surface area contributed by atoms with E-state index in [0.29, 0.717) is 0 Å². The summed E-state index contributed by atoms with van der Waals surface area (Å²) >= 11 is 6.24. The van der Waals surface area contributed by atoms with E-state index in [1.54, 1.807) is 0 Å². The fourth-order valence-corrected chi connectivity index (χ4v) is 2.39. The first kappa shape index (κ1) is 10.5. The van der Waals surface area contributed by atoms with Gasteiger partial charge in [0.15, 0.2) is 0 Å². The Morgan fingerprint density at radius 3 is 2.80 bits per heavy atom. The van der Waals surface area contributed by atoms with Crippen LogP contribution < -0.4 is 5.32 Å². The highest BCUT2D eigenvalue weighted by molar-refractivity contribution is 6.35. The van der Waals surface area contributed by atoms with Crippen molar-refractivity contribution in [2.24, 2.45) is 7.05 Å². The Hall–Kier alpha value is -0.990. The van der Waals surface area contributed by atoms with Gasteiger partial charge in [0.1, 0.15) is 0 Å². The number of benzene rings is 1. The van der Waals surface area contributed by atoms with Crippen molar-refractivity contribution in [3.8, 4) is 0 Å². The molecule has 0 saturated carbocycles. The Balaban J connectivity index is 2.80. The van der Waals surface area contributed by atoms with E-state index < -0.39 is 0 Å². The van der Waals surface area contributed by atoms with Gasteiger partial charge in [0.25, 0.3) is 0 Å². The molecule has 2 aromatic rings. The number of aromatic nitrogens is 1. The van der Waals surface area contributed by atoms with Gasteiger partial charge in [-0.3, -0.25) is 0 Å². The first-order chi connectivity index (χ1) is 7.15. The van der Waals surface area contributed by atoms with Gasteiger partial charge in [-0.05, 0) is 31.2 Å². The van der Waals surface area contributed by atoms with Crippen LogP contribution in [0.5, 0.6) is 0 Å². The number of aryl methyl sites for hydroxylation is 2. The van der Waals surface area contributed by atoms with Gasteiger partial charge >= 0.3 is 0 Å². The Bertz CT molecular complexity index is 500. The van der Waals surface area contributed by atoms with Crippen LogP contribution in [0.1, 0.15) is 11.1 Å². The summed E-state index contributed by atoms with van der Waals surface area (Å²) in [4.78, 5) is 0. The Labute approximate surface area is 94.8 Å². The normalized spacial score (nSPS) is 11.2. The zero-order valence-corrected chi connectivity index (χ0v) is 10.0. The number of hydrogen-bond acceptors (Lipinski definition) is 1. The molecule has 0 radical (unpaired) electrons. The molecular weight excluding hydrogens is 208 g/mol. The van der Waals surface area contributed by atoms with E-state index >= 15 is 0 Å². The van der Waals surface area contributed by atoms with Crippen molar-refractivity contribution in [3.05, 3.63) is 34.5 Å². The summed E-state index contributed by atoms with van der Waals surface area (Å²) in [6, 6.07) is 4.03. The summed E-state index contributed by atoms with van der Waals surface area (Å²) < 4.78 is 2.14. The third-order valence-corrected chi connectivity index (χ3v) is 3.03. The van der Waals surface area contributed by atoms with E-state index in [-0.39, 0.29) is 0 Å². The smallest absolute Gasteiger partial charge is 0.0525 e. The third-order valence-electron chi connectivity index (χ3n) is 2.72. The quantitative estimate of drug-likeness (QED) is 0.827. The molecule has 0 atom stereocenters. The Morgan fingerprint density at radius 1 is 1.40 bits per heavy atom. The monoisotopic (exact) mass is 222 g/mol. The van der Waals surface area contributed by atoms with Crippen molar-refractivity contribution in [1.82, 2.24) is 9.88 Å². The minimum absolute atomic E-state index is 0.835. The molecule has 0 aliphatic heterocycles. The van der Waals surface area contributed by atoms with Gasteiger partial charge in [-0.25, -0.2) is 0 Å². The van der Waals surface area contributed by atoms with Crippen LogP contribution in [0, 0.1) is 6.92 Å². The molecular formula is C12H15ClN2. The highest BCUT2D eigenvalue weighted by Gasteiger charge is 2.11. The highest BCUT2D eigenvalue weighted by atomic mass is 35.5. The van der Waals surface area contributed by atoms with Gasteiger partial charge in [-0.2, -0.15) is 0 Å². The number of halogens is 1. The van der Waals surface area contributed by atoms with E-state index in [9.17, 15) is 0 Å². The number of nitrogens with one attached hydrogen (secondary N) is 1. The molecule has 1 aromatic heterocycles. The fraction of sp³-hybridized carbons (Fsp3) is 0.333. The van der Waals surface area contributed by atoms with Crippen molar-refractivity contribution < 1.29 is 0 Å². The van der Waals surface area contributed by atoms with Crippen LogP contribution in [0.4, 0.5) is 0 Å². The molecule has 80 valence electrons. The van der Waals surface area contributed by atoms with Crippen LogP contribution in [0.25, 0.3) is 10.9 Å². The molecule has 0 aliphatic carbocycles. The van der Waals surface area contributed by atoms with E-state index in [1.807, 2.05) is 13.1 Å². The van der Waals surface area contributed by atoms with E-state index in [1.165, 1.54) is 22.0 Å². The van der Waals surface area contributed by atoms with Crippen LogP contribution in [-0.2, 0) is 13.6 Å². The number of fused-ring (bicyclic) bond motifs is 1. The van der Waals surface area contributed by atoms with Crippen LogP contribution in [0.3, 0.4) is 0 Å². The lowest BCUT2D eigenvalue weighted by atomic mass is 10.1. The molecule has 1 aromatic carbocycles. The minimum atomic E-state index is 0.835. The lowest BCUT2D eigenvalue weighted by molar-refractivity contribution is 0.815. The fourth-order valence-electron chi connectivity index (χ4n) is 2.12. The third kappa shape index (κ3) is 1.64. The van der Waals surface area contributed by atoms with Crippen molar-refractivity contribution in [3.63, 3.8) is 0 Å². The zero-order valence-electron chi connectivity index (χ0n) is 9.26. The van der Waals surface area contributed by atoms with Gasteiger partial charge in [0.2, 0.25) is 0 Å². The molecule has 0 aliphatic rings. The molecule has 0 amide bonds. The average Bonchev–Trinajstić information content (AvgIpc) is 2.51. The largest absolute Gasteiger partial charge is 0.350 e. The molecule has 1 N–H and O–H groups in total. The summed E-state index contributed by atoms with van der Waals surface area (Å²) in [6.07, 6.45) is 2.14. The number of rotatable bonds is 2. The predicted octanol–water partition coefficient (Wildman–Crippen LogP) is 2.86. The summed E-state index contributed by atoms with van der Waals surface area (Å²) in [6.45, 7) is 2.96. The topological polar surface area (TPSA) is 17.0 Å². The van der Waals surface area contributed by atoms with Crippen LogP contribution in [-0.4, -0.2) is 11.6 Å². The standard InChI is InChI=1S/C12H15ClN2/c1-8-4-5-10(13)11-9(6-14-2)7-15(3)12(8)11/h4-5,7,14H,6H2,1-3H3. The lowest BCUT2D eigenvalue weighted by Gasteiger charge is -2.03. The molecule has 3 heteroatoms. The van der Waals surface area contributed by atoms with E-state index in [2.05, 4.69) is 36.1 Å². The molecule has 0 spiro atoms. The minimum Gasteiger partial charge on any atom is -0.350 e. The number of nitrogens with zero attached hydrogens (tertiary/aromatic N) is 1. The molecule has 0 fully saturated rings. The van der Waals surface area contributed by atoms with Crippen molar-refractivity contribution in [2.75, 3.05) is 7.05 Å². The van der Waals surface area contributed by atoms with Gasteiger partial charge in [0, 0.05) is 25.2 Å². The van der Waals surface area contributed by atoms with E-state index in [4.69, 9.17) is 11.6 Å². The predicted molar refractivity (Wildman–Crippen MR) is 65.4 cm³/mol. The molecule has 1 heterocycles. The van der Waals surface area contributed by atoms with E-state index in [0.717, 1.165) is 11.6 Å². The van der Waals surface area contributed by atoms with Crippen LogP contribution in [0.15, 0.2) is 18.3 Å². The Kier molecular flexibility index (Phi) is 2.72. The molecule has 15 heavy (non-hydrogen) atoms. The molecule has 0 unspecified atom stereocenters. The maximum atomic E-state index is 6.24. The summed E-state index contributed by atoms with van der Waals surface area (Å²) in [5.41, 5.74) is 3.75.